The van der Waals surface area contributed by atoms with Gasteiger partial charge in [-0.3, -0.25) is 9.20 Å². The van der Waals surface area contributed by atoms with E-state index in [1.54, 1.807) is 10.6 Å². The van der Waals surface area contributed by atoms with Gasteiger partial charge in [-0.15, -0.1) is 0 Å². The van der Waals surface area contributed by atoms with Crippen LogP contribution in [0.2, 0.25) is 0 Å². The van der Waals surface area contributed by atoms with Crippen molar-refractivity contribution >= 4 is 17.2 Å². The summed E-state index contributed by atoms with van der Waals surface area (Å²) in [5, 5.41) is 3.00. The van der Waals surface area contributed by atoms with E-state index in [-0.39, 0.29) is 11.7 Å². The lowest BCUT2D eigenvalue weighted by Crippen LogP contribution is -2.32. The zero-order valence-corrected chi connectivity index (χ0v) is 20.3. The molecule has 5 rings (SSSR count). The number of aromatic nitrogens is 2. The lowest BCUT2D eigenvalue weighted by Gasteiger charge is -2.34. The summed E-state index contributed by atoms with van der Waals surface area (Å²) in [7, 11) is 0. The lowest BCUT2D eigenvalue weighted by molar-refractivity contribution is 0.0944. The minimum atomic E-state index is -0.364. The van der Waals surface area contributed by atoms with E-state index in [1.165, 1.54) is 28.9 Å². The molecule has 180 valence electrons. The number of aryl methyl sites for hydroxylation is 2. The van der Waals surface area contributed by atoms with Crippen molar-refractivity contribution < 1.29 is 9.18 Å². The Labute approximate surface area is 205 Å². The zero-order chi connectivity index (χ0) is 24.4. The number of nitrogens with one attached hydrogen (secondary N) is 1. The first kappa shape index (κ1) is 23.1. The minimum absolute atomic E-state index is 0.205. The van der Waals surface area contributed by atoms with Crippen LogP contribution < -0.4 is 10.2 Å². The molecule has 1 fully saturated rings. The second-order valence-corrected chi connectivity index (χ2v) is 9.35. The number of halogens is 1. The maximum atomic E-state index is 13.6. The first-order valence-electron chi connectivity index (χ1n) is 12.4. The van der Waals surface area contributed by atoms with Crippen LogP contribution >= 0.6 is 0 Å². The van der Waals surface area contributed by atoms with Crippen molar-refractivity contribution in [2.45, 2.75) is 45.6 Å². The molecule has 0 atom stereocenters. The Balaban J connectivity index is 1.19. The van der Waals surface area contributed by atoms with Gasteiger partial charge in [-0.05, 0) is 61.4 Å². The van der Waals surface area contributed by atoms with E-state index in [9.17, 15) is 9.18 Å². The van der Waals surface area contributed by atoms with Crippen LogP contribution in [-0.4, -0.2) is 28.4 Å². The molecule has 0 radical (unpaired) electrons. The second-order valence-electron chi connectivity index (χ2n) is 9.35. The minimum Gasteiger partial charge on any atom is -0.371 e. The number of carbonyl (C=O) groups is 1. The third-order valence-electron chi connectivity index (χ3n) is 7.01. The van der Waals surface area contributed by atoms with Crippen LogP contribution in [0.4, 0.5) is 10.1 Å². The van der Waals surface area contributed by atoms with Crippen LogP contribution in [0.15, 0.2) is 66.9 Å². The quantitative estimate of drug-likeness (QED) is 0.396. The summed E-state index contributed by atoms with van der Waals surface area (Å²) in [4.78, 5) is 19.8. The first-order chi connectivity index (χ1) is 17.0. The molecule has 1 amide bonds. The van der Waals surface area contributed by atoms with Gasteiger partial charge in [0.25, 0.3) is 5.91 Å². The monoisotopic (exact) mass is 470 g/mol. The molecule has 2 aromatic heterocycles. The van der Waals surface area contributed by atoms with Crippen molar-refractivity contribution in [3.05, 3.63) is 101 Å². The largest absolute Gasteiger partial charge is 0.371 e. The number of piperidine rings is 1. The molecular weight excluding hydrogens is 439 g/mol. The highest BCUT2D eigenvalue weighted by molar-refractivity contribution is 5.94. The fraction of sp³-hybridized carbons (Fsp3) is 0.310. The second kappa shape index (κ2) is 9.90. The molecule has 3 heterocycles. The molecule has 0 aliphatic carbocycles. The Morgan fingerprint density at radius 1 is 1.06 bits per heavy atom. The van der Waals surface area contributed by atoms with E-state index < -0.39 is 0 Å². The van der Waals surface area contributed by atoms with Gasteiger partial charge in [0, 0.05) is 37.6 Å². The standard InChI is InChI=1S/C29H31FN4O/c1-3-26-28(34-17-14-24(30)18-27(34)32-26)29(35)31-19-21-6-10-25(11-7-21)33-15-12-23(13-16-33)22-8-4-20(2)5-9-22/h4-11,14,17-18,23H,3,12-13,15-16,19H2,1-2H3,(H,31,35). The predicted octanol–water partition coefficient (Wildman–Crippen LogP) is 5.66. The number of fused-ring (bicyclic) bond motifs is 1. The van der Waals surface area contributed by atoms with Gasteiger partial charge in [0.1, 0.15) is 17.2 Å². The van der Waals surface area contributed by atoms with Crippen LogP contribution in [0.3, 0.4) is 0 Å². The molecule has 0 unspecified atom stereocenters. The number of hydrogen-bond acceptors (Lipinski definition) is 3. The predicted molar refractivity (Wildman–Crippen MR) is 138 cm³/mol. The molecule has 35 heavy (non-hydrogen) atoms. The Hall–Kier alpha value is -3.67. The van der Waals surface area contributed by atoms with E-state index in [2.05, 4.69) is 70.7 Å². The van der Waals surface area contributed by atoms with Crippen molar-refractivity contribution in [3.63, 3.8) is 0 Å². The van der Waals surface area contributed by atoms with E-state index in [4.69, 9.17) is 0 Å². The summed E-state index contributed by atoms with van der Waals surface area (Å²) in [5.41, 5.74) is 6.59. The molecule has 0 bridgehead atoms. The first-order valence-corrected chi connectivity index (χ1v) is 12.4. The molecule has 2 aromatic carbocycles. The highest BCUT2D eigenvalue weighted by Gasteiger charge is 2.21. The number of amides is 1. The maximum absolute atomic E-state index is 13.6. The molecule has 1 N–H and O–H groups in total. The highest BCUT2D eigenvalue weighted by Crippen LogP contribution is 2.30. The topological polar surface area (TPSA) is 49.6 Å². The third-order valence-corrected chi connectivity index (χ3v) is 7.01. The Morgan fingerprint density at radius 2 is 1.77 bits per heavy atom. The summed E-state index contributed by atoms with van der Waals surface area (Å²) >= 11 is 0. The van der Waals surface area contributed by atoms with E-state index >= 15 is 0 Å². The fourth-order valence-corrected chi connectivity index (χ4v) is 4.96. The van der Waals surface area contributed by atoms with E-state index in [0.717, 1.165) is 31.5 Å². The molecule has 0 spiro atoms. The number of anilines is 1. The molecule has 6 heteroatoms. The summed E-state index contributed by atoms with van der Waals surface area (Å²) in [6.45, 7) is 6.59. The Bertz CT molecular complexity index is 1320. The van der Waals surface area contributed by atoms with Crippen molar-refractivity contribution in [2.75, 3.05) is 18.0 Å². The average Bonchev–Trinajstić information content (AvgIpc) is 3.26. The molecule has 1 aliphatic rings. The number of nitrogens with zero attached hydrogens (tertiary/aromatic N) is 3. The molecular formula is C29H31FN4O. The van der Waals surface area contributed by atoms with Crippen LogP contribution in [0.1, 0.15) is 58.6 Å². The molecule has 0 saturated carbocycles. The molecule has 5 nitrogen and oxygen atoms in total. The highest BCUT2D eigenvalue weighted by atomic mass is 19.1. The van der Waals surface area contributed by atoms with Gasteiger partial charge >= 0.3 is 0 Å². The van der Waals surface area contributed by atoms with Gasteiger partial charge in [-0.1, -0.05) is 48.9 Å². The SMILES string of the molecule is CCc1nc2cc(F)ccn2c1C(=O)NCc1ccc(N2CCC(c3ccc(C)cc3)CC2)cc1. The molecule has 1 aliphatic heterocycles. The van der Waals surface area contributed by atoms with Gasteiger partial charge in [0.05, 0.1) is 5.69 Å². The van der Waals surface area contributed by atoms with Crippen molar-refractivity contribution in [3.8, 4) is 0 Å². The molecule has 1 saturated heterocycles. The van der Waals surface area contributed by atoms with Crippen LogP contribution in [0.5, 0.6) is 0 Å². The smallest absolute Gasteiger partial charge is 0.270 e. The number of pyridine rings is 1. The summed E-state index contributed by atoms with van der Waals surface area (Å²) < 4.78 is 15.2. The van der Waals surface area contributed by atoms with Crippen molar-refractivity contribution in [1.82, 2.24) is 14.7 Å². The normalized spacial score (nSPS) is 14.4. The van der Waals surface area contributed by atoms with Gasteiger partial charge in [0.15, 0.2) is 0 Å². The van der Waals surface area contributed by atoms with Gasteiger partial charge in [-0.2, -0.15) is 0 Å². The third kappa shape index (κ3) is 4.92. The Kier molecular flexibility index (Phi) is 6.53. The van der Waals surface area contributed by atoms with Crippen molar-refractivity contribution in [1.29, 1.82) is 0 Å². The number of imidazole rings is 1. The summed E-state index contributed by atoms with van der Waals surface area (Å²) in [6, 6.07) is 20.1. The number of carbonyl (C=O) groups excluding carboxylic acids is 1. The van der Waals surface area contributed by atoms with Gasteiger partial charge in [0.2, 0.25) is 0 Å². The maximum Gasteiger partial charge on any atom is 0.270 e. The lowest BCUT2D eigenvalue weighted by atomic mass is 9.89. The van der Waals surface area contributed by atoms with Crippen LogP contribution in [-0.2, 0) is 13.0 Å². The number of benzene rings is 2. The summed E-state index contributed by atoms with van der Waals surface area (Å²) in [6.07, 6.45) is 4.47. The Morgan fingerprint density at radius 3 is 2.46 bits per heavy atom. The summed E-state index contributed by atoms with van der Waals surface area (Å²) in [5.74, 6) is 0.0604. The number of rotatable bonds is 6. The fourth-order valence-electron chi connectivity index (χ4n) is 4.96. The van der Waals surface area contributed by atoms with Gasteiger partial charge < -0.3 is 10.2 Å². The average molecular weight is 471 g/mol. The molecule has 4 aromatic rings. The van der Waals surface area contributed by atoms with Gasteiger partial charge in [-0.25, -0.2) is 9.37 Å². The van der Waals surface area contributed by atoms with E-state index in [0.29, 0.717) is 35.9 Å². The number of hydrogen-bond donors (Lipinski definition) is 1. The zero-order valence-electron chi connectivity index (χ0n) is 20.3. The van der Waals surface area contributed by atoms with E-state index in [1.807, 2.05) is 6.92 Å². The van der Waals surface area contributed by atoms with Crippen LogP contribution in [0.25, 0.3) is 5.65 Å². The van der Waals surface area contributed by atoms with Crippen LogP contribution in [0, 0.1) is 12.7 Å². The van der Waals surface area contributed by atoms with Crippen molar-refractivity contribution in [2.24, 2.45) is 0 Å².